The molecular weight excluding hydrogens is 488 g/mol. The smallest absolute Gasteiger partial charge is 0.301 e. The van der Waals surface area contributed by atoms with E-state index in [1.807, 2.05) is 0 Å². The molecule has 1 unspecified atom stereocenters. The summed E-state index contributed by atoms with van der Waals surface area (Å²) in [6.45, 7) is 0. The molecule has 4 aromatic rings. The quantitative estimate of drug-likeness (QED) is 0.215. The topological polar surface area (TPSA) is 89.0 Å². The number of thiazole rings is 1. The van der Waals surface area contributed by atoms with Gasteiger partial charge in [-0.2, -0.15) is 0 Å². The normalized spacial score (nSPS) is 17.2. The molecule has 1 aromatic heterocycles. The minimum Gasteiger partial charge on any atom is -0.507 e. The van der Waals surface area contributed by atoms with Crippen molar-refractivity contribution in [1.29, 1.82) is 0 Å². The Labute approximate surface area is 209 Å². The molecule has 176 valence electrons. The molecular formula is C26H19ClN2O5S. The zero-order chi connectivity index (χ0) is 24.7. The highest BCUT2D eigenvalue weighted by molar-refractivity contribution is 7.22. The standard InChI is InChI=1S/C26H19ClN2O5S/c1-33-17-8-3-14(4-9-17)22-21(23(30)15-5-10-18(34-2)11-6-15)24(31)25(32)29(22)26-28-19-12-7-16(27)13-20(19)35-26/h3-13,22,30H,1-2H3/b23-21+. The van der Waals surface area contributed by atoms with Crippen molar-refractivity contribution in [2.75, 3.05) is 19.1 Å². The number of aliphatic hydroxyl groups excluding tert-OH is 1. The van der Waals surface area contributed by atoms with Gasteiger partial charge in [0.15, 0.2) is 5.13 Å². The number of fused-ring (bicyclic) bond motifs is 1. The number of anilines is 1. The Balaban J connectivity index is 1.70. The second-order valence-electron chi connectivity index (χ2n) is 7.78. The summed E-state index contributed by atoms with van der Waals surface area (Å²) < 4.78 is 11.2. The number of hydrogen-bond acceptors (Lipinski definition) is 7. The fourth-order valence-corrected chi connectivity index (χ4v) is 5.29. The molecule has 0 radical (unpaired) electrons. The number of nitrogens with zero attached hydrogens (tertiary/aromatic N) is 2. The van der Waals surface area contributed by atoms with Crippen molar-refractivity contribution in [3.63, 3.8) is 0 Å². The first-order valence-corrected chi connectivity index (χ1v) is 11.8. The molecule has 1 aliphatic rings. The Bertz CT molecular complexity index is 1480. The van der Waals surface area contributed by atoms with Crippen molar-refractivity contribution < 1.29 is 24.2 Å². The lowest BCUT2D eigenvalue weighted by molar-refractivity contribution is -0.132. The van der Waals surface area contributed by atoms with Crippen molar-refractivity contribution in [1.82, 2.24) is 4.98 Å². The van der Waals surface area contributed by atoms with Crippen LogP contribution in [0.3, 0.4) is 0 Å². The molecule has 7 nitrogen and oxygen atoms in total. The second-order valence-corrected chi connectivity index (χ2v) is 9.22. The van der Waals surface area contributed by atoms with Crippen LogP contribution in [0.15, 0.2) is 72.3 Å². The van der Waals surface area contributed by atoms with Gasteiger partial charge in [-0.05, 0) is 60.2 Å². The summed E-state index contributed by atoms with van der Waals surface area (Å²) in [6, 6.07) is 17.9. The number of aliphatic hydroxyl groups is 1. The van der Waals surface area contributed by atoms with Gasteiger partial charge in [0.25, 0.3) is 5.78 Å². The molecule has 0 spiro atoms. The van der Waals surface area contributed by atoms with E-state index >= 15 is 0 Å². The summed E-state index contributed by atoms with van der Waals surface area (Å²) >= 11 is 7.38. The van der Waals surface area contributed by atoms with Gasteiger partial charge in [0.05, 0.1) is 36.1 Å². The average molecular weight is 507 g/mol. The molecule has 5 rings (SSSR count). The highest BCUT2D eigenvalue weighted by atomic mass is 35.5. The monoisotopic (exact) mass is 506 g/mol. The van der Waals surface area contributed by atoms with E-state index in [4.69, 9.17) is 21.1 Å². The van der Waals surface area contributed by atoms with Crippen LogP contribution in [0.1, 0.15) is 17.2 Å². The van der Waals surface area contributed by atoms with Gasteiger partial charge < -0.3 is 14.6 Å². The van der Waals surface area contributed by atoms with Crippen LogP contribution in [0.5, 0.6) is 11.5 Å². The maximum absolute atomic E-state index is 13.3. The zero-order valence-corrected chi connectivity index (χ0v) is 20.3. The number of ketones is 1. The third kappa shape index (κ3) is 4.00. The fourth-order valence-electron chi connectivity index (χ4n) is 4.03. The lowest BCUT2D eigenvalue weighted by Gasteiger charge is -2.23. The highest BCUT2D eigenvalue weighted by Gasteiger charge is 2.48. The Morgan fingerprint density at radius 1 is 0.971 bits per heavy atom. The van der Waals surface area contributed by atoms with Crippen LogP contribution in [0.25, 0.3) is 16.0 Å². The van der Waals surface area contributed by atoms with Gasteiger partial charge in [0.2, 0.25) is 0 Å². The Morgan fingerprint density at radius 2 is 1.60 bits per heavy atom. The molecule has 3 aromatic carbocycles. The maximum atomic E-state index is 13.3. The van der Waals surface area contributed by atoms with Crippen LogP contribution < -0.4 is 14.4 Å². The summed E-state index contributed by atoms with van der Waals surface area (Å²) in [5.41, 5.74) is 1.64. The van der Waals surface area contributed by atoms with E-state index in [1.165, 1.54) is 23.3 Å². The summed E-state index contributed by atoms with van der Waals surface area (Å²) in [5.74, 6) is -0.627. The van der Waals surface area contributed by atoms with Crippen LogP contribution in [-0.2, 0) is 9.59 Å². The van der Waals surface area contributed by atoms with Gasteiger partial charge >= 0.3 is 5.91 Å². The first-order chi connectivity index (χ1) is 16.9. The molecule has 1 aliphatic heterocycles. The highest BCUT2D eigenvalue weighted by Crippen LogP contribution is 2.44. The van der Waals surface area contributed by atoms with Gasteiger partial charge in [-0.15, -0.1) is 0 Å². The maximum Gasteiger partial charge on any atom is 0.301 e. The van der Waals surface area contributed by atoms with E-state index < -0.39 is 17.7 Å². The first kappa shape index (κ1) is 22.9. The molecule has 2 heterocycles. The lowest BCUT2D eigenvalue weighted by atomic mass is 9.95. The van der Waals surface area contributed by atoms with E-state index in [1.54, 1.807) is 73.8 Å². The number of benzene rings is 3. The molecule has 1 fully saturated rings. The van der Waals surface area contributed by atoms with E-state index in [2.05, 4.69) is 4.98 Å². The molecule has 1 amide bonds. The number of hydrogen-bond donors (Lipinski definition) is 1. The van der Waals surface area contributed by atoms with Crippen LogP contribution in [0.4, 0.5) is 5.13 Å². The van der Waals surface area contributed by atoms with E-state index in [9.17, 15) is 14.7 Å². The predicted octanol–water partition coefficient (Wildman–Crippen LogP) is 5.59. The number of carbonyl (C=O) groups excluding carboxylic acids is 2. The summed E-state index contributed by atoms with van der Waals surface area (Å²) in [4.78, 5) is 32.5. The Kier molecular flexibility index (Phi) is 5.92. The molecule has 0 bridgehead atoms. The Hall–Kier alpha value is -3.88. The van der Waals surface area contributed by atoms with Crippen molar-refractivity contribution in [2.45, 2.75) is 6.04 Å². The van der Waals surface area contributed by atoms with Gasteiger partial charge in [-0.25, -0.2) is 4.98 Å². The van der Waals surface area contributed by atoms with Crippen molar-refractivity contribution >= 4 is 55.7 Å². The molecule has 0 aliphatic carbocycles. The van der Waals surface area contributed by atoms with Crippen molar-refractivity contribution in [2.24, 2.45) is 0 Å². The molecule has 1 atom stereocenters. The predicted molar refractivity (Wildman–Crippen MR) is 135 cm³/mol. The first-order valence-electron chi connectivity index (χ1n) is 10.6. The van der Waals surface area contributed by atoms with E-state index in [-0.39, 0.29) is 11.3 Å². The molecule has 35 heavy (non-hydrogen) atoms. The van der Waals surface area contributed by atoms with Crippen LogP contribution >= 0.6 is 22.9 Å². The number of Topliss-reactive ketones (excluding diaryl/α,β-unsaturated/α-hetero) is 1. The average Bonchev–Trinajstić information content (AvgIpc) is 3.41. The number of amides is 1. The van der Waals surface area contributed by atoms with Gasteiger partial charge in [-0.3, -0.25) is 14.5 Å². The van der Waals surface area contributed by atoms with Gasteiger partial charge in [0.1, 0.15) is 17.3 Å². The van der Waals surface area contributed by atoms with Crippen molar-refractivity contribution in [3.05, 3.63) is 88.5 Å². The third-order valence-electron chi connectivity index (χ3n) is 5.78. The SMILES string of the molecule is COc1ccc(/C(O)=C2\C(=O)C(=O)N(c3nc4ccc(Cl)cc4s3)C2c2ccc(OC)cc2)cc1. The minimum atomic E-state index is -0.890. The van der Waals surface area contributed by atoms with Gasteiger partial charge in [-0.1, -0.05) is 35.1 Å². The van der Waals surface area contributed by atoms with Crippen molar-refractivity contribution in [3.8, 4) is 11.5 Å². The molecule has 9 heteroatoms. The lowest BCUT2D eigenvalue weighted by Crippen LogP contribution is -2.29. The minimum absolute atomic E-state index is 0.0253. The molecule has 0 saturated carbocycles. The fraction of sp³-hybridized carbons (Fsp3) is 0.115. The van der Waals surface area contributed by atoms with E-state index in [0.717, 1.165) is 4.70 Å². The summed E-state index contributed by atoms with van der Waals surface area (Å²) in [5, 5.41) is 12.1. The number of rotatable bonds is 5. The number of aromatic nitrogens is 1. The second kappa shape index (κ2) is 9.05. The molecule has 1 saturated heterocycles. The number of methoxy groups -OCH3 is 2. The van der Waals surface area contributed by atoms with E-state index in [0.29, 0.717) is 38.3 Å². The number of carbonyl (C=O) groups is 2. The summed E-state index contributed by atoms with van der Waals surface area (Å²) in [6.07, 6.45) is 0. The van der Waals surface area contributed by atoms with Crippen LogP contribution in [-0.4, -0.2) is 36.0 Å². The zero-order valence-electron chi connectivity index (χ0n) is 18.7. The van der Waals surface area contributed by atoms with Crippen LogP contribution in [0.2, 0.25) is 5.02 Å². The van der Waals surface area contributed by atoms with Gasteiger partial charge in [0, 0.05) is 10.6 Å². The molecule has 1 N–H and O–H groups in total. The van der Waals surface area contributed by atoms with Crippen LogP contribution in [0, 0.1) is 0 Å². The largest absolute Gasteiger partial charge is 0.507 e. The third-order valence-corrected chi connectivity index (χ3v) is 7.04. The Morgan fingerprint density at radius 3 is 2.23 bits per heavy atom. The summed E-state index contributed by atoms with van der Waals surface area (Å²) in [7, 11) is 3.09. The number of ether oxygens (including phenoxy) is 2. The number of halogens is 1.